The normalized spacial score (nSPS) is 11.3. The second kappa shape index (κ2) is 5.28. The predicted octanol–water partition coefficient (Wildman–Crippen LogP) is 2.59. The number of nitrogens with zero attached hydrogens (tertiary/aromatic N) is 5. The van der Waals surface area contributed by atoms with E-state index >= 15 is 0 Å². The highest BCUT2D eigenvalue weighted by Gasteiger charge is 2.17. The molecule has 23 heavy (non-hydrogen) atoms. The van der Waals surface area contributed by atoms with Crippen molar-refractivity contribution in [2.45, 2.75) is 16.3 Å². The van der Waals surface area contributed by atoms with Crippen LogP contribution in [0.5, 0.6) is 0 Å². The van der Waals surface area contributed by atoms with Gasteiger partial charge in [-0.3, -0.25) is 4.79 Å². The average Bonchev–Trinajstić information content (AvgIpc) is 3.10. The number of fused-ring (bicyclic) bond motifs is 3. The van der Waals surface area contributed by atoms with Gasteiger partial charge >= 0.3 is 0 Å². The van der Waals surface area contributed by atoms with Gasteiger partial charge in [0, 0.05) is 5.39 Å². The largest absolute Gasteiger partial charge is 0.374 e. The molecule has 0 fully saturated rings. The van der Waals surface area contributed by atoms with Crippen LogP contribution in [0.2, 0.25) is 0 Å². The second-order valence-electron chi connectivity index (χ2n) is 4.79. The number of nitrogen functional groups attached to an aromatic ring is 1. The lowest BCUT2D eigenvalue weighted by molar-refractivity contribution is 0.112. The Hall–Kier alpha value is -2.52. The smallest absolute Gasteiger partial charge is 0.203 e. The standard InChI is InChI=1S/C14H10N6OS2/c1-7-9(6-21)11-16-12(22-14-18-17-13(15)23-14)8-4-2-3-5-10(8)20(11)19-7/h2-6H,1H3,(H2,15,17). The van der Waals surface area contributed by atoms with E-state index in [1.165, 1.54) is 23.1 Å². The summed E-state index contributed by atoms with van der Waals surface area (Å²) in [7, 11) is 0. The van der Waals surface area contributed by atoms with E-state index in [9.17, 15) is 4.79 Å². The van der Waals surface area contributed by atoms with Crippen LogP contribution < -0.4 is 5.73 Å². The first kappa shape index (κ1) is 14.1. The molecule has 4 aromatic rings. The van der Waals surface area contributed by atoms with Gasteiger partial charge in [-0.05, 0) is 24.8 Å². The lowest BCUT2D eigenvalue weighted by Crippen LogP contribution is -1.96. The number of hydrogen-bond acceptors (Lipinski definition) is 8. The fraction of sp³-hybridized carbons (Fsp3) is 0.0714. The molecule has 3 aromatic heterocycles. The Labute approximate surface area is 138 Å². The minimum Gasteiger partial charge on any atom is -0.374 e. The summed E-state index contributed by atoms with van der Waals surface area (Å²) in [6, 6.07) is 7.78. The van der Waals surface area contributed by atoms with Gasteiger partial charge in [0.15, 0.2) is 16.3 Å². The van der Waals surface area contributed by atoms with Gasteiger partial charge in [-0.2, -0.15) is 5.10 Å². The summed E-state index contributed by atoms with van der Waals surface area (Å²) in [6.07, 6.45) is 0.789. The van der Waals surface area contributed by atoms with Crippen molar-refractivity contribution in [2.24, 2.45) is 0 Å². The molecule has 4 rings (SSSR count). The number of anilines is 1. The minimum atomic E-state index is 0.409. The molecule has 2 N–H and O–H groups in total. The van der Waals surface area contributed by atoms with E-state index in [-0.39, 0.29) is 0 Å². The summed E-state index contributed by atoms with van der Waals surface area (Å²) >= 11 is 2.68. The van der Waals surface area contributed by atoms with Crippen LogP contribution >= 0.6 is 23.1 Å². The van der Waals surface area contributed by atoms with E-state index in [0.29, 0.717) is 26.4 Å². The zero-order chi connectivity index (χ0) is 16.0. The number of carbonyl (C=O) groups excluding carboxylic acids is 1. The summed E-state index contributed by atoms with van der Waals surface area (Å²) in [6.45, 7) is 1.80. The van der Waals surface area contributed by atoms with E-state index in [2.05, 4.69) is 20.3 Å². The average molecular weight is 342 g/mol. The molecule has 9 heteroatoms. The number of aromatic nitrogens is 5. The van der Waals surface area contributed by atoms with Gasteiger partial charge < -0.3 is 5.73 Å². The van der Waals surface area contributed by atoms with Crippen LogP contribution in [-0.2, 0) is 0 Å². The Kier molecular flexibility index (Phi) is 3.24. The molecule has 0 aliphatic carbocycles. The van der Waals surface area contributed by atoms with Crippen LogP contribution in [0.25, 0.3) is 16.6 Å². The van der Waals surface area contributed by atoms with Crippen LogP contribution in [0, 0.1) is 6.92 Å². The number of nitrogens with two attached hydrogens (primary N) is 1. The number of aryl methyl sites for hydroxylation is 1. The number of hydrogen-bond donors (Lipinski definition) is 1. The first-order chi connectivity index (χ1) is 11.2. The van der Waals surface area contributed by atoms with E-state index in [1.807, 2.05) is 24.3 Å². The molecule has 0 amide bonds. The predicted molar refractivity (Wildman–Crippen MR) is 89.1 cm³/mol. The number of aldehydes is 1. The molecule has 1 aromatic carbocycles. The van der Waals surface area contributed by atoms with Crippen LogP contribution in [0.3, 0.4) is 0 Å². The Morgan fingerprint density at radius 1 is 1.30 bits per heavy atom. The van der Waals surface area contributed by atoms with E-state index in [4.69, 9.17) is 5.73 Å². The molecule has 0 aliphatic heterocycles. The molecule has 0 unspecified atom stereocenters. The maximum absolute atomic E-state index is 11.4. The number of carbonyl (C=O) groups is 1. The van der Waals surface area contributed by atoms with Crippen molar-refractivity contribution in [1.82, 2.24) is 24.8 Å². The van der Waals surface area contributed by atoms with Gasteiger partial charge in [-0.15, -0.1) is 10.2 Å². The lowest BCUT2D eigenvalue weighted by atomic mass is 10.2. The van der Waals surface area contributed by atoms with Crippen LogP contribution in [0.1, 0.15) is 16.1 Å². The van der Waals surface area contributed by atoms with Gasteiger partial charge in [0.05, 0.1) is 16.8 Å². The zero-order valence-electron chi connectivity index (χ0n) is 11.9. The van der Waals surface area contributed by atoms with Crippen molar-refractivity contribution in [2.75, 3.05) is 5.73 Å². The number of benzene rings is 1. The third kappa shape index (κ3) is 2.25. The fourth-order valence-corrected chi connectivity index (χ4v) is 4.02. The fourth-order valence-electron chi connectivity index (χ4n) is 2.36. The molecule has 114 valence electrons. The number of rotatable bonds is 3. The molecule has 0 bridgehead atoms. The Balaban J connectivity index is 2.02. The molecule has 0 atom stereocenters. The van der Waals surface area contributed by atoms with Crippen molar-refractivity contribution in [3.63, 3.8) is 0 Å². The van der Waals surface area contributed by atoms with Crippen molar-refractivity contribution in [1.29, 1.82) is 0 Å². The first-order valence-corrected chi connectivity index (χ1v) is 8.31. The van der Waals surface area contributed by atoms with Crippen molar-refractivity contribution < 1.29 is 4.79 Å². The highest BCUT2D eigenvalue weighted by atomic mass is 32.2. The molecule has 0 radical (unpaired) electrons. The summed E-state index contributed by atoms with van der Waals surface area (Å²) in [5, 5.41) is 14.4. The minimum absolute atomic E-state index is 0.409. The third-order valence-corrected chi connectivity index (χ3v) is 5.18. The van der Waals surface area contributed by atoms with E-state index < -0.39 is 0 Å². The Morgan fingerprint density at radius 2 is 2.13 bits per heavy atom. The van der Waals surface area contributed by atoms with Gasteiger partial charge in [0.1, 0.15) is 5.03 Å². The zero-order valence-corrected chi connectivity index (χ0v) is 13.6. The SMILES string of the molecule is Cc1nn2c(nc(Sc3nnc(N)s3)c3ccccc32)c1C=O. The van der Waals surface area contributed by atoms with Gasteiger partial charge in [-0.1, -0.05) is 29.5 Å². The van der Waals surface area contributed by atoms with Crippen molar-refractivity contribution >= 4 is 51.1 Å². The number of para-hydroxylation sites is 1. The Bertz CT molecular complexity index is 1050. The van der Waals surface area contributed by atoms with E-state index in [0.717, 1.165) is 22.2 Å². The maximum Gasteiger partial charge on any atom is 0.203 e. The Morgan fingerprint density at radius 3 is 2.87 bits per heavy atom. The van der Waals surface area contributed by atoms with Crippen LogP contribution in [0.15, 0.2) is 33.6 Å². The highest BCUT2D eigenvalue weighted by molar-refractivity contribution is 8.01. The van der Waals surface area contributed by atoms with E-state index in [1.54, 1.807) is 11.4 Å². The monoisotopic (exact) mass is 342 g/mol. The van der Waals surface area contributed by atoms with Crippen LogP contribution in [-0.4, -0.2) is 31.1 Å². The van der Waals surface area contributed by atoms with Crippen LogP contribution in [0.4, 0.5) is 5.13 Å². The lowest BCUT2D eigenvalue weighted by Gasteiger charge is -2.06. The van der Waals surface area contributed by atoms with Crippen molar-refractivity contribution in [3.05, 3.63) is 35.5 Å². The second-order valence-corrected chi connectivity index (χ2v) is 7.04. The van der Waals surface area contributed by atoms with Crippen molar-refractivity contribution in [3.8, 4) is 0 Å². The molecule has 7 nitrogen and oxygen atoms in total. The highest BCUT2D eigenvalue weighted by Crippen LogP contribution is 2.35. The van der Waals surface area contributed by atoms with Gasteiger partial charge in [0.25, 0.3) is 0 Å². The van der Waals surface area contributed by atoms with Gasteiger partial charge in [0.2, 0.25) is 5.13 Å². The maximum atomic E-state index is 11.4. The summed E-state index contributed by atoms with van der Waals surface area (Å²) in [4.78, 5) is 16.0. The molecule has 0 spiro atoms. The molecular formula is C14H10N6OS2. The summed E-state index contributed by atoms with van der Waals surface area (Å²) in [5.74, 6) is 0. The quantitative estimate of drug-likeness (QED) is 0.451. The topological polar surface area (TPSA) is 99.1 Å². The summed E-state index contributed by atoms with van der Waals surface area (Å²) < 4.78 is 2.40. The molecule has 3 heterocycles. The molecule has 0 saturated carbocycles. The first-order valence-electron chi connectivity index (χ1n) is 6.67. The third-order valence-electron chi connectivity index (χ3n) is 3.38. The van der Waals surface area contributed by atoms with Gasteiger partial charge in [-0.25, -0.2) is 9.50 Å². The molecule has 0 saturated heterocycles. The molecule has 0 aliphatic rings. The molecular weight excluding hydrogens is 332 g/mol. The summed E-state index contributed by atoms with van der Waals surface area (Å²) in [5.41, 5.74) is 8.20.